The van der Waals surface area contributed by atoms with E-state index in [1.165, 1.54) is 16.4 Å². The van der Waals surface area contributed by atoms with Gasteiger partial charge in [0, 0.05) is 12.2 Å². The third-order valence-corrected chi connectivity index (χ3v) is 7.48. The maximum absolute atomic E-state index is 13.8. The van der Waals surface area contributed by atoms with Crippen LogP contribution in [0, 0.1) is 21.4 Å². The molecule has 0 aliphatic heterocycles. The Morgan fingerprint density at radius 3 is 2.59 bits per heavy atom. The van der Waals surface area contributed by atoms with Gasteiger partial charge in [0.2, 0.25) is 0 Å². The molecule has 10 nitrogen and oxygen atoms in total. The van der Waals surface area contributed by atoms with Crippen molar-refractivity contribution in [2.45, 2.75) is 42.7 Å². The average molecular weight is 455 g/mol. The summed E-state index contributed by atoms with van der Waals surface area (Å²) in [7, 11) is -4.12. The number of anilines is 1. The van der Waals surface area contributed by atoms with Crippen molar-refractivity contribution < 1.29 is 18.1 Å². The van der Waals surface area contributed by atoms with Crippen LogP contribution in [0.15, 0.2) is 53.7 Å². The topological polar surface area (TPSA) is 142 Å². The smallest absolute Gasteiger partial charge is 0.312 e. The summed E-state index contributed by atoms with van der Waals surface area (Å²) in [5, 5.41) is 21.0. The Morgan fingerprint density at radius 2 is 1.94 bits per heavy atom. The van der Waals surface area contributed by atoms with E-state index in [1.54, 1.807) is 30.5 Å². The first-order valence-electron chi connectivity index (χ1n) is 10.1. The highest BCUT2D eigenvalue weighted by atomic mass is 32.2. The van der Waals surface area contributed by atoms with Crippen LogP contribution in [0.3, 0.4) is 0 Å². The maximum Gasteiger partial charge on any atom is 0.312 e. The number of aromatic nitrogens is 2. The summed E-state index contributed by atoms with van der Waals surface area (Å²) < 4.78 is 34.3. The third-order valence-electron chi connectivity index (χ3n) is 5.61. The molecule has 0 amide bonds. The zero-order valence-electron chi connectivity index (χ0n) is 17.0. The number of benzene rings is 1. The lowest BCUT2D eigenvalue weighted by atomic mass is 9.92. The molecule has 1 N–H and O–H groups in total. The molecule has 11 heteroatoms. The maximum atomic E-state index is 13.8. The predicted octanol–water partition coefficient (Wildman–Crippen LogP) is 3.52. The molecule has 4 rings (SSSR count). The van der Waals surface area contributed by atoms with Gasteiger partial charge >= 0.3 is 5.69 Å². The predicted molar refractivity (Wildman–Crippen MR) is 116 cm³/mol. The zero-order valence-corrected chi connectivity index (χ0v) is 17.9. The van der Waals surface area contributed by atoms with E-state index in [0.29, 0.717) is 36.7 Å². The summed E-state index contributed by atoms with van der Waals surface area (Å²) in [6, 6.07) is 10.9. The highest BCUT2D eigenvalue weighted by molar-refractivity contribution is 7.93. The number of hydrogen-bond donors (Lipinski definition) is 1. The van der Waals surface area contributed by atoms with Crippen molar-refractivity contribution in [3.05, 3.63) is 58.9 Å². The Balaban J connectivity index is 1.85. The molecule has 1 saturated carbocycles. The van der Waals surface area contributed by atoms with Gasteiger partial charge in [0.05, 0.1) is 27.4 Å². The van der Waals surface area contributed by atoms with Gasteiger partial charge in [0.15, 0.2) is 0 Å². The van der Waals surface area contributed by atoms with E-state index < -0.39 is 21.0 Å². The van der Waals surface area contributed by atoms with Crippen molar-refractivity contribution in [3.63, 3.8) is 0 Å². The number of pyridine rings is 1. The van der Waals surface area contributed by atoms with Gasteiger partial charge in [-0.3, -0.25) is 14.4 Å². The number of fused-ring (bicyclic) bond motifs is 1. The van der Waals surface area contributed by atoms with Gasteiger partial charge < -0.3 is 9.72 Å². The Kier molecular flexibility index (Phi) is 6.07. The number of nitrogens with one attached hydrogen (secondary N) is 1. The molecule has 1 fully saturated rings. The van der Waals surface area contributed by atoms with Crippen LogP contribution >= 0.6 is 0 Å². The molecule has 0 atom stereocenters. The lowest BCUT2D eigenvalue weighted by Crippen LogP contribution is -2.44. The molecule has 166 valence electrons. The fourth-order valence-corrected chi connectivity index (χ4v) is 5.92. The minimum absolute atomic E-state index is 0.00602. The molecule has 0 radical (unpaired) electrons. The number of nitrogens with zero attached hydrogens (tertiary/aromatic N) is 4. The summed E-state index contributed by atoms with van der Waals surface area (Å²) in [6.45, 7) is -0.0266. The van der Waals surface area contributed by atoms with E-state index in [1.807, 2.05) is 6.07 Å². The zero-order chi connectivity index (χ0) is 22.7. The molecule has 1 aliphatic rings. The van der Waals surface area contributed by atoms with E-state index in [4.69, 9.17) is 10.00 Å². The van der Waals surface area contributed by atoms with Gasteiger partial charge in [-0.2, -0.15) is 5.26 Å². The van der Waals surface area contributed by atoms with Crippen LogP contribution < -0.4 is 4.31 Å². The van der Waals surface area contributed by atoms with Gasteiger partial charge in [0.1, 0.15) is 24.1 Å². The fraction of sp³-hybridized carbons (Fsp3) is 0.333. The first-order valence-corrected chi connectivity index (χ1v) is 11.6. The van der Waals surface area contributed by atoms with Crippen LogP contribution in [0.5, 0.6) is 0 Å². The first-order chi connectivity index (χ1) is 15.4. The summed E-state index contributed by atoms with van der Waals surface area (Å²) in [6.07, 6.45) is 4.48. The molecule has 0 unspecified atom stereocenters. The van der Waals surface area contributed by atoms with Crippen LogP contribution in [0.2, 0.25) is 0 Å². The monoisotopic (exact) mass is 455 g/mol. The largest absolute Gasteiger partial charge is 0.363 e. The van der Waals surface area contributed by atoms with Crippen molar-refractivity contribution >= 4 is 32.4 Å². The van der Waals surface area contributed by atoms with E-state index >= 15 is 0 Å². The SMILES string of the molecule is N#CCOC1CCC(N(c2c([N+](=O)[O-])cnc3[nH]ccc23)S(=O)(=O)c2ccccc2)CC1. The number of sulfonamides is 1. The lowest BCUT2D eigenvalue weighted by molar-refractivity contribution is -0.384. The number of aromatic amines is 1. The highest BCUT2D eigenvalue weighted by Gasteiger charge is 2.39. The molecule has 3 aromatic rings. The van der Waals surface area contributed by atoms with Crippen LogP contribution in [0.1, 0.15) is 25.7 Å². The number of nitriles is 1. The van der Waals surface area contributed by atoms with E-state index in [9.17, 15) is 18.5 Å². The number of nitro groups is 1. The summed E-state index contributed by atoms with van der Waals surface area (Å²) >= 11 is 0. The van der Waals surface area contributed by atoms with Crippen LogP contribution in [0.4, 0.5) is 11.4 Å². The third kappa shape index (κ3) is 4.02. The number of hydrogen-bond acceptors (Lipinski definition) is 7. The number of rotatable bonds is 7. The standard InChI is InChI=1S/C21H21N5O5S/c22-11-13-31-16-8-6-15(7-9-16)25(32(29,30)17-4-2-1-3-5-17)20-18-10-12-23-21(18)24-14-19(20)26(27)28/h1-5,10,12,14-16H,6-9,13H2,(H,23,24). The Labute approximate surface area is 184 Å². The van der Waals surface area contributed by atoms with Crippen molar-refractivity contribution in [1.82, 2.24) is 9.97 Å². The van der Waals surface area contributed by atoms with Gasteiger partial charge in [0.25, 0.3) is 10.0 Å². The van der Waals surface area contributed by atoms with Crippen LogP contribution in [-0.4, -0.2) is 42.1 Å². The minimum atomic E-state index is -4.12. The molecule has 32 heavy (non-hydrogen) atoms. The van der Waals surface area contributed by atoms with Crippen molar-refractivity contribution in [2.24, 2.45) is 0 Å². The molecule has 2 aromatic heterocycles. The number of ether oxygens (including phenoxy) is 1. The Morgan fingerprint density at radius 1 is 1.22 bits per heavy atom. The first kappa shape index (κ1) is 21.7. The van der Waals surface area contributed by atoms with E-state index in [0.717, 1.165) is 6.20 Å². The van der Waals surface area contributed by atoms with Crippen molar-refractivity contribution in [3.8, 4) is 6.07 Å². The second-order valence-electron chi connectivity index (χ2n) is 7.50. The van der Waals surface area contributed by atoms with Crippen molar-refractivity contribution in [2.75, 3.05) is 10.9 Å². The second kappa shape index (κ2) is 8.94. The Bertz CT molecular complexity index is 1260. The molecule has 2 heterocycles. The van der Waals surface area contributed by atoms with Gasteiger partial charge in [-0.05, 0) is 43.9 Å². The molecule has 1 aliphatic carbocycles. The van der Waals surface area contributed by atoms with Crippen LogP contribution in [-0.2, 0) is 14.8 Å². The molecule has 0 spiro atoms. The molecular weight excluding hydrogens is 434 g/mol. The van der Waals surface area contributed by atoms with Gasteiger partial charge in [-0.25, -0.2) is 13.4 Å². The highest BCUT2D eigenvalue weighted by Crippen LogP contribution is 2.41. The van der Waals surface area contributed by atoms with E-state index in [-0.39, 0.29) is 29.0 Å². The molecular formula is C21H21N5O5S. The summed E-state index contributed by atoms with van der Waals surface area (Å²) in [4.78, 5) is 18.3. The average Bonchev–Trinajstić information content (AvgIpc) is 3.28. The number of H-pyrrole nitrogens is 1. The summed E-state index contributed by atoms with van der Waals surface area (Å²) in [5.74, 6) is 0. The Hall–Kier alpha value is -3.49. The lowest BCUT2D eigenvalue weighted by Gasteiger charge is -2.37. The second-order valence-corrected chi connectivity index (χ2v) is 9.32. The molecule has 0 bridgehead atoms. The molecule has 1 aromatic carbocycles. The molecule has 0 saturated heterocycles. The quantitative estimate of drug-likeness (QED) is 0.424. The summed E-state index contributed by atoms with van der Waals surface area (Å²) in [5.41, 5.74) is -0.00384. The van der Waals surface area contributed by atoms with Gasteiger partial charge in [-0.1, -0.05) is 18.2 Å². The van der Waals surface area contributed by atoms with Crippen molar-refractivity contribution in [1.29, 1.82) is 5.26 Å². The minimum Gasteiger partial charge on any atom is -0.363 e. The van der Waals surface area contributed by atoms with E-state index in [2.05, 4.69) is 9.97 Å². The van der Waals surface area contributed by atoms with Gasteiger partial charge in [-0.15, -0.1) is 0 Å². The normalized spacial score (nSPS) is 18.8. The van der Waals surface area contributed by atoms with Crippen LogP contribution in [0.25, 0.3) is 11.0 Å². The fourth-order valence-electron chi connectivity index (χ4n) is 4.16.